The van der Waals surface area contributed by atoms with E-state index in [-0.39, 0.29) is 0 Å². The van der Waals surface area contributed by atoms with Crippen molar-refractivity contribution in [1.29, 1.82) is 0 Å². The van der Waals surface area contributed by atoms with E-state index < -0.39 is 0 Å². The molecule has 0 spiro atoms. The summed E-state index contributed by atoms with van der Waals surface area (Å²) in [5.74, 6) is 2.02. The molecule has 2 nitrogen and oxygen atoms in total. The number of methoxy groups -OCH3 is 1. The molecule has 108 valence electrons. The zero-order valence-electron chi connectivity index (χ0n) is 11.9. The Morgan fingerprint density at radius 3 is 2.68 bits per heavy atom. The van der Waals surface area contributed by atoms with Crippen molar-refractivity contribution in [1.82, 2.24) is 5.32 Å². The van der Waals surface area contributed by atoms with E-state index >= 15 is 0 Å². The van der Waals surface area contributed by atoms with Gasteiger partial charge in [-0.05, 0) is 49.1 Å². The molecule has 0 unspecified atom stereocenters. The first kappa shape index (κ1) is 16.7. The van der Waals surface area contributed by atoms with Crippen LogP contribution in [-0.2, 0) is 6.54 Å². The van der Waals surface area contributed by atoms with E-state index in [1.54, 1.807) is 7.11 Å². The normalized spacial score (nSPS) is 10.7. The Hall–Kier alpha value is -0.380. The average molecular weight is 302 g/mol. The number of ether oxygens (including phenoxy) is 1. The minimum absolute atomic E-state index is 0.680. The van der Waals surface area contributed by atoms with Gasteiger partial charge in [0.25, 0.3) is 0 Å². The molecule has 0 fully saturated rings. The smallest absolute Gasteiger partial charge is 0.137 e. The van der Waals surface area contributed by atoms with Gasteiger partial charge in [-0.15, -0.1) is 0 Å². The molecular weight excluding hydrogens is 278 g/mol. The second-order valence-corrected chi connectivity index (χ2v) is 5.95. The predicted octanol–water partition coefficient (Wildman–Crippen LogP) is 4.36. The molecule has 0 saturated carbocycles. The number of benzene rings is 1. The molecule has 0 aliphatic heterocycles. The summed E-state index contributed by atoms with van der Waals surface area (Å²) >= 11 is 8.02. The Morgan fingerprint density at radius 2 is 2.00 bits per heavy atom. The summed E-state index contributed by atoms with van der Waals surface area (Å²) in [5, 5.41) is 4.13. The van der Waals surface area contributed by atoms with Crippen molar-refractivity contribution in [3.05, 3.63) is 28.8 Å². The fraction of sp³-hybridized carbons (Fsp3) is 0.600. The van der Waals surface area contributed by atoms with Gasteiger partial charge in [0.1, 0.15) is 5.75 Å². The van der Waals surface area contributed by atoms with Crippen LogP contribution in [0.4, 0.5) is 0 Å². The first-order valence-corrected chi connectivity index (χ1v) is 8.57. The SMILES string of the molecule is COc1ccc(CNCCCCCCSC)cc1Cl. The minimum atomic E-state index is 0.680. The van der Waals surface area contributed by atoms with Crippen LogP contribution in [0.25, 0.3) is 0 Å². The molecule has 4 heteroatoms. The van der Waals surface area contributed by atoms with Crippen LogP contribution in [0.5, 0.6) is 5.75 Å². The van der Waals surface area contributed by atoms with E-state index in [1.807, 2.05) is 23.9 Å². The Morgan fingerprint density at radius 1 is 1.21 bits per heavy atom. The number of hydrogen-bond acceptors (Lipinski definition) is 3. The first-order valence-electron chi connectivity index (χ1n) is 6.80. The number of halogens is 1. The van der Waals surface area contributed by atoms with Crippen LogP contribution in [0.1, 0.15) is 31.2 Å². The lowest BCUT2D eigenvalue weighted by molar-refractivity contribution is 0.415. The molecule has 0 atom stereocenters. The molecule has 0 aliphatic rings. The van der Waals surface area contributed by atoms with Gasteiger partial charge >= 0.3 is 0 Å². The number of hydrogen-bond donors (Lipinski definition) is 1. The number of unbranched alkanes of at least 4 members (excludes halogenated alkanes) is 3. The summed E-state index contributed by atoms with van der Waals surface area (Å²) in [6, 6.07) is 5.93. The van der Waals surface area contributed by atoms with Crippen LogP contribution >= 0.6 is 23.4 Å². The van der Waals surface area contributed by atoms with E-state index in [2.05, 4.69) is 17.6 Å². The largest absolute Gasteiger partial charge is 0.495 e. The average Bonchev–Trinajstić information content (AvgIpc) is 2.42. The van der Waals surface area contributed by atoms with Crippen molar-refractivity contribution < 1.29 is 4.74 Å². The molecular formula is C15H24ClNOS. The Kier molecular flexibility index (Phi) is 9.14. The van der Waals surface area contributed by atoms with E-state index in [1.165, 1.54) is 37.0 Å². The lowest BCUT2D eigenvalue weighted by Crippen LogP contribution is -2.14. The van der Waals surface area contributed by atoms with Crippen LogP contribution in [0.3, 0.4) is 0 Å². The van der Waals surface area contributed by atoms with Gasteiger partial charge in [-0.1, -0.05) is 30.5 Å². The predicted molar refractivity (Wildman–Crippen MR) is 86.6 cm³/mol. The highest BCUT2D eigenvalue weighted by molar-refractivity contribution is 7.98. The summed E-state index contributed by atoms with van der Waals surface area (Å²) < 4.78 is 5.14. The number of nitrogens with one attached hydrogen (secondary N) is 1. The van der Waals surface area contributed by atoms with Gasteiger partial charge in [0.05, 0.1) is 12.1 Å². The third-order valence-corrected chi connectivity index (χ3v) is 3.99. The summed E-state index contributed by atoms with van der Waals surface area (Å²) in [7, 11) is 1.64. The van der Waals surface area contributed by atoms with Gasteiger partial charge in [0.15, 0.2) is 0 Å². The van der Waals surface area contributed by atoms with E-state index in [0.717, 1.165) is 18.8 Å². The van der Waals surface area contributed by atoms with Crippen LogP contribution < -0.4 is 10.1 Å². The van der Waals surface area contributed by atoms with Gasteiger partial charge in [-0.25, -0.2) is 0 Å². The molecule has 0 saturated heterocycles. The second kappa shape index (κ2) is 10.4. The standard InChI is InChI=1S/C15H24ClNOS/c1-18-15-8-7-13(11-14(15)16)12-17-9-5-3-4-6-10-19-2/h7-8,11,17H,3-6,9-10,12H2,1-2H3. The van der Waals surface area contributed by atoms with Crippen molar-refractivity contribution in [2.24, 2.45) is 0 Å². The third-order valence-electron chi connectivity index (χ3n) is 3.00. The van der Waals surface area contributed by atoms with E-state index in [4.69, 9.17) is 16.3 Å². The highest BCUT2D eigenvalue weighted by Crippen LogP contribution is 2.24. The maximum absolute atomic E-state index is 6.09. The number of thioether (sulfide) groups is 1. The summed E-state index contributed by atoms with van der Waals surface area (Å²) in [6.07, 6.45) is 7.42. The summed E-state index contributed by atoms with van der Waals surface area (Å²) in [5.41, 5.74) is 1.20. The van der Waals surface area contributed by atoms with Gasteiger partial charge in [0, 0.05) is 6.54 Å². The highest BCUT2D eigenvalue weighted by atomic mass is 35.5. The van der Waals surface area contributed by atoms with Gasteiger partial charge < -0.3 is 10.1 Å². The number of rotatable bonds is 10. The Labute approximate surface area is 126 Å². The maximum atomic E-state index is 6.09. The highest BCUT2D eigenvalue weighted by Gasteiger charge is 2.01. The molecule has 0 aromatic heterocycles. The van der Waals surface area contributed by atoms with E-state index in [9.17, 15) is 0 Å². The Bertz CT molecular complexity index is 360. The van der Waals surface area contributed by atoms with Crippen molar-refractivity contribution in [3.8, 4) is 5.75 Å². The first-order chi connectivity index (χ1) is 9.27. The van der Waals surface area contributed by atoms with Crippen LogP contribution in [-0.4, -0.2) is 25.7 Å². The lowest BCUT2D eigenvalue weighted by Gasteiger charge is -2.07. The summed E-state index contributed by atoms with van der Waals surface area (Å²) in [6.45, 7) is 1.94. The molecule has 1 aromatic carbocycles. The molecule has 0 amide bonds. The molecule has 0 radical (unpaired) electrons. The van der Waals surface area contributed by atoms with Crippen LogP contribution in [0.15, 0.2) is 18.2 Å². The summed E-state index contributed by atoms with van der Waals surface area (Å²) in [4.78, 5) is 0. The zero-order valence-corrected chi connectivity index (χ0v) is 13.4. The fourth-order valence-corrected chi connectivity index (χ4v) is 2.68. The zero-order chi connectivity index (χ0) is 13.9. The monoisotopic (exact) mass is 301 g/mol. The van der Waals surface area contributed by atoms with Gasteiger partial charge in [-0.3, -0.25) is 0 Å². The molecule has 0 aliphatic carbocycles. The van der Waals surface area contributed by atoms with Crippen molar-refractivity contribution in [2.75, 3.05) is 25.7 Å². The van der Waals surface area contributed by atoms with Gasteiger partial charge in [0.2, 0.25) is 0 Å². The van der Waals surface area contributed by atoms with Crippen LogP contribution in [0, 0.1) is 0 Å². The lowest BCUT2D eigenvalue weighted by atomic mass is 10.2. The van der Waals surface area contributed by atoms with Crippen molar-refractivity contribution >= 4 is 23.4 Å². The molecule has 1 aromatic rings. The van der Waals surface area contributed by atoms with E-state index in [0.29, 0.717) is 5.02 Å². The fourth-order valence-electron chi connectivity index (χ4n) is 1.90. The Balaban J connectivity index is 2.11. The minimum Gasteiger partial charge on any atom is -0.495 e. The topological polar surface area (TPSA) is 21.3 Å². The molecule has 19 heavy (non-hydrogen) atoms. The maximum Gasteiger partial charge on any atom is 0.137 e. The molecule has 0 bridgehead atoms. The third kappa shape index (κ3) is 7.09. The van der Waals surface area contributed by atoms with Crippen molar-refractivity contribution in [3.63, 3.8) is 0 Å². The second-order valence-electron chi connectivity index (χ2n) is 4.55. The molecule has 1 rings (SSSR count). The van der Waals surface area contributed by atoms with Gasteiger partial charge in [-0.2, -0.15) is 11.8 Å². The molecule has 0 heterocycles. The molecule has 1 N–H and O–H groups in total. The van der Waals surface area contributed by atoms with Crippen LogP contribution in [0.2, 0.25) is 5.02 Å². The van der Waals surface area contributed by atoms with Crippen molar-refractivity contribution in [2.45, 2.75) is 32.2 Å². The quantitative estimate of drug-likeness (QED) is 0.649.